The molecule has 2 rings (SSSR count). The number of halogens is 1. The van der Waals surface area contributed by atoms with Crippen LogP contribution in [0.15, 0.2) is 16.6 Å². The lowest BCUT2D eigenvalue weighted by molar-refractivity contribution is -0.575. The van der Waals surface area contributed by atoms with Crippen molar-refractivity contribution in [3.63, 3.8) is 0 Å². The van der Waals surface area contributed by atoms with Crippen molar-refractivity contribution in [2.75, 3.05) is 20.2 Å². The van der Waals surface area contributed by atoms with Gasteiger partial charge in [-0.25, -0.2) is 0 Å². The van der Waals surface area contributed by atoms with E-state index in [0.29, 0.717) is 5.92 Å². The summed E-state index contributed by atoms with van der Waals surface area (Å²) >= 11 is 3.55. The van der Waals surface area contributed by atoms with E-state index in [2.05, 4.69) is 45.8 Å². The van der Waals surface area contributed by atoms with Gasteiger partial charge in [-0.3, -0.25) is 5.84 Å². The predicted molar refractivity (Wildman–Crippen MR) is 67.3 cm³/mol. The van der Waals surface area contributed by atoms with E-state index in [-0.39, 0.29) is 0 Å². The number of ether oxygens (including phenoxy) is 1. The van der Waals surface area contributed by atoms with Gasteiger partial charge in [0.2, 0.25) is 0 Å². The van der Waals surface area contributed by atoms with Crippen LogP contribution >= 0.6 is 15.9 Å². The van der Waals surface area contributed by atoms with Gasteiger partial charge in [0.15, 0.2) is 0 Å². The summed E-state index contributed by atoms with van der Waals surface area (Å²) in [4.78, 5) is 0. The molecule has 1 heterocycles. The zero-order valence-electron chi connectivity index (χ0n) is 9.79. The maximum absolute atomic E-state index is 5.34. The zero-order chi connectivity index (χ0) is 11.7. The van der Waals surface area contributed by atoms with Crippen molar-refractivity contribution < 1.29 is 10.6 Å². The molecule has 3 N–H and O–H groups in total. The molecule has 16 heavy (non-hydrogen) atoms. The van der Waals surface area contributed by atoms with E-state index in [1.165, 1.54) is 11.1 Å². The van der Waals surface area contributed by atoms with Crippen LogP contribution in [0.2, 0.25) is 0 Å². The molecule has 0 fully saturated rings. The van der Waals surface area contributed by atoms with Gasteiger partial charge >= 0.3 is 0 Å². The molecule has 4 heteroatoms. The molecule has 0 saturated heterocycles. The minimum Gasteiger partial charge on any atom is -0.496 e. The average molecular weight is 286 g/mol. The van der Waals surface area contributed by atoms with Crippen molar-refractivity contribution in [3.8, 4) is 5.75 Å². The standard InChI is InChI=1S/C12H17BrN2O/c1-8-7-15(14)4-3-9-5-12(16-2)11(13)6-10(8)9/h5-6,8H,3-4,7,14H2,1-2H3/p+1. The molecule has 0 amide bonds. The molecule has 1 aliphatic heterocycles. The lowest BCUT2D eigenvalue weighted by Crippen LogP contribution is -2.68. The number of rotatable bonds is 1. The Labute approximate surface area is 105 Å². The largest absolute Gasteiger partial charge is 0.496 e. The van der Waals surface area contributed by atoms with Crippen LogP contribution in [0.5, 0.6) is 5.75 Å². The maximum Gasteiger partial charge on any atom is 0.133 e. The first-order valence-electron chi connectivity index (χ1n) is 5.53. The van der Waals surface area contributed by atoms with Crippen molar-refractivity contribution in [1.29, 1.82) is 0 Å². The molecule has 88 valence electrons. The molecule has 0 aromatic heterocycles. The molecule has 0 saturated carbocycles. The summed E-state index contributed by atoms with van der Waals surface area (Å²) in [6.45, 7) is 4.29. The fourth-order valence-corrected chi connectivity index (χ4v) is 2.82. The highest BCUT2D eigenvalue weighted by Crippen LogP contribution is 2.33. The van der Waals surface area contributed by atoms with E-state index >= 15 is 0 Å². The molecular weight excluding hydrogens is 268 g/mol. The molecule has 1 aromatic rings. The van der Waals surface area contributed by atoms with E-state index in [0.717, 1.165) is 29.7 Å². The molecule has 0 spiro atoms. The van der Waals surface area contributed by atoms with E-state index in [1.807, 2.05) is 0 Å². The number of hydrogen-bond acceptors (Lipinski definition) is 2. The first-order valence-corrected chi connectivity index (χ1v) is 6.33. The normalized spacial score (nSPS) is 21.4. The number of benzene rings is 1. The smallest absolute Gasteiger partial charge is 0.133 e. The molecular formula is C12H18BrN2O+. The third-order valence-electron chi connectivity index (χ3n) is 3.17. The van der Waals surface area contributed by atoms with Crippen LogP contribution < -0.4 is 10.6 Å². The number of hydrogen-bond donors (Lipinski definition) is 1. The monoisotopic (exact) mass is 285 g/mol. The topological polar surface area (TPSA) is 40.1 Å². The fraction of sp³-hybridized carbons (Fsp3) is 0.500. The van der Waals surface area contributed by atoms with Crippen molar-refractivity contribution in [2.45, 2.75) is 19.3 Å². The van der Waals surface area contributed by atoms with Gasteiger partial charge < -0.3 is 4.74 Å². The minimum absolute atomic E-state index is 0.525. The van der Waals surface area contributed by atoms with Crippen LogP contribution in [0.4, 0.5) is 0 Å². The summed E-state index contributed by atoms with van der Waals surface area (Å²) < 4.78 is 6.38. The predicted octanol–water partition coefficient (Wildman–Crippen LogP) is 1.58. The number of methoxy groups -OCH3 is 1. The van der Waals surface area contributed by atoms with Crippen LogP contribution in [0, 0.1) is 0 Å². The minimum atomic E-state index is 0.525. The van der Waals surface area contributed by atoms with Gasteiger partial charge in [-0.1, -0.05) is 6.92 Å². The van der Waals surface area contributed by atoms with Gasteiger partial charge in [-0.2, -0.15) is 5.01 Å². The second kappa shape index (κ2) is 4.73. The van der Waals surface area contributed by atoms with Gasteiger partial charge in [-0.15, -0.1) is 0 Å². The van der Waals surface area contributed by atoms with Gasteiger partial charge in [0.05, 0.1) is 24.7 Å². The maximum atomic E-state index is 5.34. The Kier molecular flexibility index (Phi) is 3.52. The molecule has 3 nitrogen and oxygen atoms in total. The molecule has 0 bridgehead atoms. The summed E-state index contributed by atoms with van der Waals surface area (Å²) in [5.41, 5.74) is 2.80. The number of fused-ring (bicyclic) bond motifs is 1. The molecule has 0 radical (unpaired) electrons. The fourth-order valence-electron chi connectivity index (χ4n) is 2.30. The van der Waals surface area contributed by atoms with Crippen molar-refractivity contribution >= 4 is 15.9 Å². The van der Waals surface area contributed by atoms with Gasteiger partial charge in [0.1, 0.15) is 5.75 Å². The molecule has 0 aliphatic carbocycles. The highest BCUT2D eigenvalue weighted by Gasteiger charge is 2.21. The number of nitrogens with zero attached hydrogens (tertiary/aromatic N) is 1. The first-order chi connectivity index (χ1) is 7.61. The van der Waals surface area contributed by atoms with Crippen LogP contribution in [-0.2, 0) is 6.42 Å². The third-order valence-corrected chi connectivity index (χ3v) is 3.79. The quantitative estimate of drug-likeness (QED) is 0.851. The highest BCUT2D eigenvalue weighted by molar-refractivity contribution is 9.10. The Morgan fingerprint density at radius 1 is 1.50 bits per heavy atom. The van der Waals surface area contributed by atoms with Crippen LogP contribution in [0.1, 0.15) is 24.0 Å². The Bertz CT molecular complexity index is 395. The first kappa shape index (κ1) is 11.9. The Balaban J connectivity index is 2.43. The van der Waals surface area contributed by atoms with Crippen LogP contribution in [0.25, 0.3) is 0 Å². The summed E-state index contributed by atoms with van der Waals surface area (Å²) in [6.07, 6.45) is 1.05. The van der Waals surface area contributed by atoms with E-state index in [9.17, 15) is 0 Å². The Hall–Kier alpha value is -0.580. The summed E-state index contributed by atoms with van der Waals surface area (Å²) in [5.74, 6) is 5.49. The Morgan fingerprint density at radius 2 is 2.25 bits per heavy atom. The van der Waals surface area contributed by atoms with Crippen molar-refractivity contribution in [3.05, 3.63) is 27.7 Å². The van der Waals surface area contributed by atoms with E-state index in [1.54, 1.807) is 7.11 Å². The molecule has 1 aromatic carbocycles. The lowest BCUT2D eigenvalue weighted by atomic mass is 9.95. The van der Waals surface area contributed by atoms with Crippen LogP contribution in [-0.4, -0.2) is 25.2 Å². The SMILES string of the molecule is COc1cc2c(cc1Br)C(C)CN([NH3+])CC2. The Morgan fingerprint density at radius 3 is 2.94 bits per heavy atom. The van der Waals surface area contributed by atoms with E-state index < -0.39 is 0 Å². The van der Waals surface area contributed by atoms with Gasteiger partial charge in [0, 0.05) is 0 Å². The van der Waals surface area contributed by atoms with Crippen molar-refractivity contribution in [2.24, 2.45) is 0 Å². The molecule has 1 atom stereocenters. The molecule has 1 aliphatic rings. The van der Waals surface area contributed by atoms with Gasteiger partial charge in [0.25, 0.3) is 0 Å². The van der Waals surface area contributed by atoms with Crippen molar-refractivity contribution in [1.82, 2.24) is 5.01 Å². The zero-order valence-corrected chi connectivity index (χ0v) is 11.4. The second-order valence-corrected chi connectivity index (χ2v) is 5.27. The third kappa shape index (κ3) is 2.24. The summed E-state index contributed by atoms with van der Waals surface area (Å²) in [6, 6.07) is 4.34. The molecule has 1 unspecified atom stereocenters. The lowest BCUT2D eigenvalue weighted by Gasteiger charge is -2.15. The number of quaternary nitrogens is 1. The second-order valence-electron chi connectivity index (χ2n) is 4.41. The van der Waals surface area contributed by atoms with E-state index in [4.69, 9.17) is 4.74 Å². The summed E-state index contributed by atoms with van der Waals surface area (Å²) in [7, 11) is 1.71. The summed E-state index contributed by atoms with van der Waals surface area (Å²) in [5, 5.41) is 2.14. The average Bonchev–Trinajstić information content (AvgIpc) is 2.38. The van der Waals surface area contributed by atoms with Crippen LogP contribution in [0.3, 0.4) is 0 Å². The van der Waals surface area contributed by atoms with Gasteiger partial charge in [-0.05, 0) is 51.5 Å². The highest BCUT2D eigenvalue weighted by atomic mass is 79.9.